The second-order valence-corrected chi connectivity index (χ2v) is 8.40. The smallest absolute Gasteiger partial charge is 0.417 e. The van der Waals surface area contributed by atoms with E-state index in [9.17, 15) is 13.2 Å². The zero-order valence-electron chi connectivity index (χ0n) is 16.8. The van der Waals surface area contributed by atoms with Crippen LogP contribution in [0.4, 0.5) is 13.2 Å². The minimum Gasteiger partial charge on any atom is -0.496 e. The van der Waals surface area contributed by atoms with Crippen molar-refractivity contribution in [3.05, 3.63) is 86.9 Å². The van der Waals surface area contributed by atoms with Gasteiger partial charge in [-0.3, -0.25) is 4.90 Å². The fourth-order valence-electron chi connectivity index (χ4n) is 4.03. The first-order valence-electron chi connectivity index (χ1n) is 9.79. The number of benzene rings is 3. The average molecular weight is 466 g/mol. The van der Waals surface area contributed by atoms with Crippen molar-refractivity contribution in [1.29, 1.82) is 0 Å². The first-order valence-corrected chi connectivity index (χ1v) is 10.5. The summed E-state index contributed by atoms with van der Waals surface area (Å²) < 4.78 is 45.9. The van der Waals surface area contributed by atoms with Crippen molar-refractivity contribution < 1.29 is 17.9 Å². The van der Waals surface area contributed by atoms with E-state index in [0.29, 0.717) is 28.4 Å². The predicted molar refractivity (Wildman–Crippen MR) is 118 cm³/mol. The van der Waals surface area contributed by atoms with Gasteiger partial charge in [0.2, 0.25) is 0 Å². The summed E-state index contributed by atoms with van der Waals surface area (Å²) in [5.41, 5.74) is 3.51. The third-order valence-electron chi connectivity index (χ3n) is 5.55. The average Bonchev–Trinajstić information content (AvgIpc) is 2.74. The van der Waals surface area contributed by atoms with Crippen LogP contribution >= 0.6 is 23.2 Å². The summed E-state index contributed by atoms with van der Waals surface area (Å²) in [7, 11) is 1.53. The lowest BCUT2D eigenvalue weighted by molar-refractivity contribution is -0.137. The van der Waals surface area contributed by atoms with E-state index in [1.165, 1.54) is 13.2 Å². The normalized spacial score (nSPS) is 14.4. The monoisotopic (exact) mass is 465 g/mol. The van der Waals surface area contributed by atoms with Crippen LogP contribution in [0.1, 0.15) is 22.3 Å². The number of hydrogen-bond donors (Lipinski definition) is 0. The molecule has 0 N–H and O–H groups in total. The summed E-state index contributed by atoms with van der Waals surface area (Å²) in [5, 5.41) is 0.368. The molecule has 0 atom stereocenters. The standard InChI is InChI=1S/C24H20Cl2F3NO/c1-31-22-9-5-16-10-11-30(13-15-2-6-18(25)7-3-15)14-19(16)23(22)17-4-8-21(26)20(12-17)24(27,28)29/h2-9,12H,10-11,13-14H2,1H3. The molecule has 0 amide bonds. The summed E-state index contributed by atoms with van der Waals surface area (Å²) in [5.74, 6) is 0.544. The van der Waals surface area contributed by atoms with E-state index in [2.05, 4.69) is 4.90 Å². The molecule has 0 unspecified atom stereocenters. The van der Waals surface area contributed by atoms with Crippen LogP contribution in [0, 0.1) is 0 Å². The molecule has 0 spiro atoms. The maximum Gasteiger partial charge on any atom is 0.417 e. The Balaban J connectivity index is 1.74. The van der Waals surface area contributed by atoms with Crippen LogP contribution in [-0.4, -0.2) is 18.6 Å². The second-order valence-electron chi connectivity index (χ2n) is 7.56. The van der Waals surface area contributed by atoms with Gasteiger partial charge in [0.05, 0.1) is 17.7 Å². The molecule has 31 heavy (non-hydrogen) atoms. The van der Waals surface area contributed by atoms with Gasteiger partial charge in [-0.1, -0.05) is 47.5 Å². The van der Waals surface area contributed by atoms with Crippen molar-refractivity contribution in [2.45, 2.75) is 25.7 Å². The Bertz CT molecular complexity index is 1100. The van der Waals surface area contributed by atoms with Gasteiger partial charge in [-0.25, -0.2) is 0 Å². The van der Waals surface area contributed by atoms with Crippen molar-refractivity contribution in [3.8, 4) is 16.9 Å². The molecule has 0 saturated carbocycles. The van der Waals surface area contributed by atoms with Crippen LogP contribution in [0.3, 0.4) is 0 Å². The van der Waals surface area contributed by atoms with E-state index < -0.39 is 11.7 Å². The molecule has 0 radical (unpaired) electrons. The summed E-state index contributed by atoms with van der Waals surface area (Å²) in [4.78, 5) is 2.27. The molecule has 0 fully saturated rings. The van der Waals surface area contributed by atoms with Gasteiger partial charge < -0.3 is 4.74 Å². The maximum atomic E-state index is 13.5. The van der Waals surface area contributed by atoms with Crippen molar-refractivity contribution in [3.63, 3.8) is 0 Å². The van der Waals surface area contributed by atoms with Crippen molar-refractivity contribution in [2.75, 3.05) is 13.7 Å². The first-order chi connectivity index (χ1) is 14.8. The Morgan fingerprint density at radius 3 is 2.42 bits per heavy atom. The summed E-state index contributed by atoms with van der Waals surface area (Å²) in [6.45, 7) is 2.19. The molecule has 0 saturated heterocycles. The van der Waals surface area contributed by atoms with E-state index in [1.807, 2.05) is 36.4 Å². The van der Waals surface area contributed by atoms with Crippen molar-refractivity contribution in [2.24, 2.45) is 0 Å². The molecule has 7 heteroatoms. The van der Waals surface area contributed by atoms with Gasteiger partial charge in [0.15, 0.2) is 0 Å². The summed E-state index contributed by atoms with van der Waals surface area (Å²) >= 11 is 11.8. The molecule has 2 nitrogen and oxygen atoms in total. The highest BCUT2D eigenvalue weighted by Crippen LogP contribution is 2.42. The zero-order valence-corrected chi connectivity index (χ0v) is 18.3. The Morgan fingerprint density at radius 2 is 1.74 bits per heavy atom. The third-order valence-corrected chi connectivity index (χ3v) is 6.13. The van der Waals surface area contributed by atoms with Crippen LogP contribution in [0.15, 0.2) is 54.6 Å². The molecule has 0 bridgehead atoms. The number of rotatable bonds is 4. The lowest BCUT2D eigenvalue weighted by atomic mass is 9.89. The third kappa shape index (κ3) is 4.69. The Kier molecular flexibility index (Phi) is 6.20. The molecule has 0 aliphatic carbocycles. The molecule has 4 rings (SSSR count). The SMILES string of the molecule is COc1ccc2c(c1-c1ccc(Cl)c(C(F)(F)F)c1)CN(Cc1ccc(Cl)cc1)CC2. The van der Waals surface area contributed by atoms with E-state index in [-0.39, 0.29) is 5.02 Å². The van der Waals surface area contributed by atoms with Crippen LogP contribution in [0.25, 0.3) is 11.1 Å². The maximum absolute atomic E-state index is 13.5. The minimum atomic E-state index is -4.53. The summed E-state index contributed by atoms with van der Waals surface area (Å²) in [6, 6.07) is 15.5. The highest BCUT2D eigenvalue weighted by Gasteiger charge is 2.34. The molecular formula is C24H20Cl2F3NO. The zero-order chi connectivity index (χ0) is 22.2. The van der Waals surface area contributed by atoms with Gasteiger partial charge in [0.1, 0.15) is 5.75 Å². The van der Waals surface area contributed by atoms with Crippen molar-refractivity contribution in [1.82, 2.24) is 4.90 Å². The van der Waals surface area contributed by atoms with Crippen LogP contribution in [0.2, 0.25) is 10.0 Å². The Morgan fingerprint density at radius 1 is 1.00 bits per heavy atom. The molecular weight excluding hydrogens is 446 g/mol. The van der Waals surface area contributed by atoms with Crippen LogP contribution in [-0.2, 0) is 25.7 Å². The van der Waals surface area contributed by atoms with E-state index in [4.69, 9.17) is 27.9 Å². The van der Waals surface area contributed by atoms with Crippen LogP contribution < -0.4 is 4.74 Å². The molecule has 1 heterocycles. The fraction of sp³-hybridized carbons (Fsp3) is 0.250. The lowest BCUT2D eigenvalue weighted by Gasteiger charge is -2.31. The largest absolute Gasteiger partial charge is 0.496 e. The van der Waals surface area contributed by atoms with Crippen molar-refractivity contribution >= 4 is 23.2 Å². The Labute approximate surface area is 189 Å². The van der Waals surface area contributed by atoms with Gasteiger partial charge in [0.25, 0.3) is 0 Å². The number of nitrogens with zero attached hydrogens (tertiary/aromatic N) is 1. The predicted octanol–water partition coefficient (Wildman–Crippen LogP) is 7.25. The van der Waals surface area contributed by atoms with Gasteiger partial charge in [-0.15, -0.1) is 0 Å². The number of halogens is 5. The lowest BCUT2D eigenvalue weighted by Crippen LogP contribution is -2.30. The number of alkyl halides is 3. The minimum absolute atomic E-state index is 0.315. The summed E-state index contributed by atoms with van der Waals surface area (Å²) in [6.07, 6.45) is -3.73. The molecule has 3 aromatic rings. The second kappa shape index (κ2) is 8.73. The highest BCUT2D eigenvalue weighted by molar-refractivity contribution is 6.31. The number of fused-ring (bicyclic) bond motifs is 1. The molecule has 1 aliphatic rings. The van der Waals surface area contributed by atoms with E-state index in [0.717, 1.165) is 42.3 Å². The molecule has 3 aromatic carbocycles. The quantitative estimate of drug-likeness (QED) is 0.402. The van der Waals surface area contributed by atoms with Crippen LogP contribution in [0.5, 0.6) is 5.75 Å². The van der Waals surface area contributed by atoms with Gasteiger partial charge in [0, 0.05) is 30.2 Å². The topological polar surface area (TPSA) is 12.5 Å². The van der Waals surface area contributed by atoms with Gasteiger partial charge in [-0.2, -0.15) is 13.2 Å². The fourth-order valence-corrected chi connectivity index (χ4v) is 4.38. The number of methoxy groups -OCH3 is 1. The van der Waals surface area contributed by atoms with Gasteiger partial charge in [-0.05, 0) is 59.0 Å². The number of ether oxygens (including phenoxy) is 1. The number of hydrogen-bond acceptors (Lipinski definition) is 2. The Hall–Kier alpha value is -2.21. The first kappa shape index (κ1) is 22.0. The molecule has 0 aromatic heterocycles. The molecule has 162 valence electrons. The van der Waals surface area contributed by atoms with E-state index in [1.54, 1.807) is 6.07 Å². The highest BCUT2D eigenvalue weighted by atomic mass is 35.5. The van der Waals surface area contributed by atoms with E-state index >= 15 is 0 Å². The molecule has 1 aliphatic heterocycles. The van der Waals surface area contributed by atoms with Gasteiger partial charge >= 0.3 is 6.18 Å².